The first-order valence-corrected chi connectivity index (χ1v) is 7.97. The number of sulfonamides is 1. The van der Waals surface area contributed by atoms with Crippen molar-refractivity contribution in [3.63, 3.8) is 0 Å². The topological polar surface area (TPSA) is 87.2 Å². The van der Waals surface area contributed by atoms with Crippen molar-refractivity contribution in [2.24, 2.45) is 0 Å². The molecule has 0 unspecified atom stereocenters. The van der Waals surface area contributed by atoms with E-state index in [0.29, 0.717) is 26.2 Å². The number of methoxy groups -OCH3 is 1. The van der Waals surface area contributed by atoms with Gasteiger partial charge in [-0.2, -0.15) is 0 Å². The Morgan fingerprint density at radius 3 is 2.63 bits per heavy atom. The van der Waals surface area contributed by atoms with E-state index in [4.69, 9.17) is 9.84 Å². The van der Waals surface area contributed by atoms with E-state index in [1.807, 2.05) is 0 Å². The fraction of sp³-hybridized carbons (Fsp3) is 0.909. The van der Waals surface area contributed by atoms with Crippen LogP contribution < -0.4 is 0 Å². The molecule has 1 N–H and O–H groups in total. The van der Waals surface area contributed by atoms with Gasteiger partial charge in [0.05, 0.1) is 18.8 Å². The molecule has 112 valence electrons. The molecule has 0 aliphatic carbocycles. The normalized spacial score (nSPS) is 19.2. The van der Waals surface area contributed by atoms with E-state index in [1.165, 1.54) is 4.31 Å². The summed E-state index contributed by atoms with van der Waals surface area (Å²) < 4.78 is 30.4. The minimum absolute atomic E-state index is 0.319. The van der Waals surface area contributed by atoms with E-state index < -0.39 is 16.0 Å². The van der Waals surface area contributed by atoms with Crippen LogP contribution in [0.2, 0.25) is 0 Å². The summed E-state index contributed by atoms with van der Waals surface area (Å²) in [6.45, 7) is 3.81. The molecule has 19 heavy (non-hydrogen) atoms. The van der Waals surface area contributed by atoms with Crippen molar-refractivity contribution in [2.45, 2.75) is 12.8 Å². The van der Waals surface area contributed by atoms with Crippen LogP contribution in [-0.4, -0.2) is 80.9 Å². The van der Waals surface area contributed by atoms with Gasteiger partial charge >= 0.3 is 5.97 Å². The third-order valence-corrected chi connectivity index (χ3v) is 5.00. The quantitative estimate of drug-likeness (QED) is 0.677. The molecule has 7 nitrogen and oxygen atoms in total. The summed E-state index contributed by atoms with van der Waals surface area (Å²) in [5, 5.41) is 8.56. The molecule has 0 aromatic carbocycles. The van der Waals surface area contributed by atoms with Crippen molar-refractivity contribution < 1.29 is 23.1 Å². The summed E-state index contributed by atoms with van der Waals surface area (Å²) in [7, 11) is -1.81. The fourth-order valence-corrected chi connectivity index (χ4v) is 3.47. The van der Waals surface area contributed by atoms with Crippen molar-refractivity contribution in [1.82, 2.24) is 9.21 Å². The van der Waals surface area contributed by atoms with E-state index in [-0.39, 0.29) is 12.2 Å². The van der Waals surface area contributed by atoms with Gasteiger partial charge in [-0.3, -0.25) is 9.69 Å². The second-order valence-corrected chi connectivity index (χ2v) is 6.64. The average Bonchev–Trinajstić information content (AvgIpc) is 2.60. The molecule has 0 spiro atoms. The molecule has 1 saturated heterocycles. The highest BCUT2D eigenvalue weighted by molar-refractivity contribution is 7.89. The van der Waals surface area contributed by atoms with Crippen molar-refractivity contribution >= 4 is 16.0 Å². The van der Waals surface area contributed by atoms with Crippen LogP contribution in [0.15, 0.2) is 0 Å². The van der Waals surface area contributed by atoms with E-state index in [9.17, 15) is 13.2 Å². The number of nitrogens with zero attached hydrogens (tertiary/aromatic N) is 2. The summed E-state index contributed by atoms with van der Waals surface area (Å²) in [6.07, 6.45) is 0.419. The monoisotopic (exact) mass is 294 g/mol. The van der Waals surface area contributed by atoms with E-state index >= 15 is 0 Å². The maximum atomic E-state index is 12.0. The van der Waals surface area contributed by atoms with Gasteiger partial charge in [-0.05, 0) is 13.0 Å². The SMILES string of the molecule is COCCN1CCCN(S(=O)(=O)CCC(=O)O)CC1. The smallest absolute Gasteiger partial charge is 0.304 e. The van der Waals surface area contributed by atoms with Gasteiger partial charge in [0.1, 0.15) is 0 Å². The van der Waals surface area contributed by atoms with Crippen LogP contribution in [0.4, 0.5) is 0 Å². The van der Waals surface area contributed by atoms with Crippen LogP contribution in [0.3, 0.4) is 0 Å². The number of carbonyl (C=O) groups is 1. The largest absolute Gasteiger partial charge is 0.481 e. The van der Waals surface area contributed by atoms with Gasteiger partial charge in [0.25, 0.3) is 0 Å². The molecule has 0 aromatic rings. The van der Waals surface area contributed by atoms with Gasteiger partial charge < -0.3 is 9.84 Å². The van der Waals surface area contributed by atoms with Gasteiger partial charge in [-0.25, -0.2) is 12.7 Å². The lowest BCUT2D eigenvalue weighted by atomic mass is 10.4. The Kier molecular flexibility index (Phi) is 6.70. The van der Waals surface area contributed by atoms with Crippen LogP contribution in [0.1, 0.15) is 12.8 Å². The zero-order valence-electron chi connectivity index (χ0n) is 11.2. The number of carboxylic acids is 1. The number of hydrogen-bond donors (Lipinski definition) is 1. The summed E-state index contributed by atoms with van der Waals surface area (Å²) in [5.41, 5.74) is 0. The summed E-state index contributed by atoms with van der Waals surface area (Å²) in [4.78, 5) is 12.6. The zero-order valence-corrected chi connectivity index (χ0v) is 12.1. The molecule has 0 atom stereocenters. The first-order chi connectivity index (χ1) is 8.95. The highest BCUT2D eigenvalue weighted by atomic mass is 32.2. The average molecular weight is 294 g/mol. The molecule has 0 amide bonds. The Morgan fingerprint density at radius 2 is 2.00 bits per heavy atom. The fourth-order valence-electron chi connectivity index (χ4n) is 2.01. The minimum Gasteiger partial charge on any atom is -0.481 e. The maximum absolute atomic E-state index is 12.0. The Bertz CT molecular complexity index is 385. The number of rotatable bonds is 7. The molecule has 0 bridgehead atoms. The van der Waals surface area contributed by atoms with E-state index in [2.05, 4.69) is 4.90 Å². The van der Waals surface area contributed by atoms with E-state index in [0.717, 1.165) is 19.5 Å². The van der Waals surface area contributed by atoms with Gasteiger partial charge in [0.2, 0.25) is 10.0 Å². The van der Waals surface area contributed by atoms with Gasteiger partial charge in [0, 0.05) is 33.3 Å². The molecule has 0 saturated carbocycles. The number of aliphatic carboxylic acids is 1. The van der Waals surface area contributed by atoms with Crippen molar-refractivity contribution in [3.8, 4) is 0 Å². The highest BCUT2D eigenvalue weighted by Gasteiger charge is 2.25. The third-order valence-electron chi connectivity index (χ3n) is 3.13. The standard InChI is InChI=1S/C11H22N2O5S/c1-18-9-8-12-4-2-5-13(7-6-12)19(16,17)10-3-11(14)15/h2-10H2,1H3,(H,14,15). The molecular formula is C11H22N2O5S. The van der Waals surface area contributed by atoms with Crippen LogP contribution in [0.25, 0.3) is 0 Å². The predicted octanol–water partition coefficient (Wildman–Crippen LogP) is -0.555. The summed E-state index contributed by atoms with van der Waals surface area (Å²) in [5.74, 6) is -1.40. The molecule has 1 aliphatic rings. The molecular weight excluding hydrogens is 272 g/mol. The molecule has 1 heterocycles. The second-order valence-electron chi connectivity index (χ2n) is 4.55. The summed E-state index contributed by atoms with van der Waals surface area (Å²) >= 11 is 0. The van der Waals surface area contributed by atoms with Gasteiger partial charge in [0.15, 0.2) is 0 Å². The Morgan fingerprint density at radius 1 is 1.26 bits per heavy atom. The van der Waals surface area contributed by atoms with Crippen LogP contribution in [-0.2, 0) is 19.6 Å². The molecule has 1 aliphatic heterocycles. The molecule has 0 radical (unpaired) electrons. The van der Waals surface area contributed by atoms with Gasteiger partial charge in [-0.1, -0.05) is 0 Å². The third kappa shape index (κ3) is 5.85. The van der Waals surface area contributed by atoms with Crippen molar-refractivity contribution in [1.29, 1.82) is 0 Å². The molecule has 8 heteroatoms. The number of carboxylic acid groups (broad SMARTS) is 1. The molecule has 1 rings (SSSR count). The lowest BCUT2D eigenvalue weighted by molar-refractivity contribution is -0.136. The zero-order chi connectivity index (χ0) is 14.3. The predicted molar refractivity (Wildman–Crippen MR) is 70.5 cm³/mol. The lowest BCUT2D eigenvalue weighted by Crippen LogP contribution is -2.37. The van der Waals surface area contributed by atoms with E-state index in [1.54, 1.807) is 7.11 Å². The van der Waals surface area contributed by atoms with Crippen LogP contribution in [0, 0.1) is 0 Å². The summed E-state index contributed by atoms with van der Waals surface area (Å²) in [6, 6.07) is 0. The molecule has 1 fully saturated rings. The minimum atomic E-state index is -3.45. The number of hydrogen-bond acceptors (Lipinski definition) is 5. The Labute approximate surface area is 114 Å². The molecule has 0 aromatic heterocycles. The van der Waals surface area contributed by atoms with Gasteiger partial charge in [-0.15, -0.1) is 0 Å². The maximum Gasteiger partial charge on any atom is 0.304 e. The van der Waals surface area contributed by atoms with Crippen molar-refractivity contribution in [3.05, 3.63) is 0 Å². The first kappa shape index (κ1) is 16.4. The highest BCUT2D eigenvalue weighted by Crippen LogP contribution is 2.09. The Hall–Kier alpha value is -0.700. The van der Waals surface area contributed by atoms with Crippen molar-refractivity contribution in [2.75, 3.05) is 52.2 Å². The lowest BCUT2D eigenvalue weighted by Gasteiger charge is -2.21. The second kappa shape index (κ2) is 7.78. The van der Waals surface area contributed by atoms with Crippen LogP contribution >= 0.6 is 0 Å². The van der Waals surface area contributed by atoms with Crippen LogP contribution in [0.5, 0.6) is 0 Å². The first-order valence-electron chi connectivity index (χ1n) is 6.36. The number of ether oxygens (including phenoxy) is 1. The Balaban J connectivity index is 2.49.